The number of amides is 3. The Bertz CT molecular complexity index is 1430. The van der Waals surface area contributed by atoms with Crippen molar-refractivity contribution in [3.05, 3.63) is 78.4 Å². The van der Waals surface area contributed by atoms with E-state index in [-0.39, 0.29) is 30.4 Å². The average molecular weight is 556 g/mol. The molecule has 3 saturated heterocycles. The molecule has 6 rings (SSSR count). The van der Waals surface area contributed by atoms with Gasteiger partial charge in [-0.25, -0.2) is 0 Å². The Morgan fingerprint density at radius 2 is 1.68 bits per heavy atom. The molecule has 8 heteroatoms. The molecule has 0 radical (unpaired) electrons. The van der Waals surface area contributed by atoms with Crippen molar-refractivity contribution < 1.29 is 24.2 Å². The number of unbranched alkanes of at least 4 members (excludes halogenated alkanes) is 3. The molecule has 3 fully saturated rings. The van der Waals surface area contributed by atoms with Gasteiger partial charge in [-0.3, -0.25) is 14.4 Å². The van der Waals surface area contributed by atoms with Crippen LogP contribution >= 0.6 is 0 Å². The van der Waals surface area contributed by atoms with Crippen molar-refractivity contribution in [2.24, 2.45) is 11.8 Å². The number of hydrogen-bond acceptors (Lipinski definition) is 5. The Balaban J connectivity index is 1.25. The Kier molecular flexibility index (Phi) is 7.77. The summed E-state index contributed by atoms with van der Waals surface area (Å²) in [5, 5.41) is 17.3. The monoisotopic (exact) mass is 555 g/mol. The summed E-state index contributed by atoms with van der Waals surface area (Å²) in [5.41, 5.74) is 0.617. The Labute approximate surface area is 240 Å². The predicted octanol–water partition coefficient (Wildman–Crippen LogP) is 4.02. The van der Waals surface area contributed by atoms with Crippen LogP contribution in [0.3, 0.4) is 0 Å². The third-order valence-electron chi connectivity index (χ3n) is 8.98. The van der Waals surface area contributed by atoms with E-state index in [4.69, 9.17) is 9.84 Å². The highest BCUT2D eigenvalue weighted by molar-refractivity contribution is 6.04. The molecule has 3 aliphatic heterocycles. The number of carbonyl (C=O) groups is 3. The second kappa shape index (κ2) is 11.6. The molecular formula is C33H37N3O5. The Hall–Kier alpha value is -3.75. The van der Waals surface area contributed by atoms with Gasteiger partial charge in [-0.1, -0.05) is 73.5 Å². The second-order valence-corrected chi connectivity index (χ2v) is 11.5. The van der Waals surface area contributed by atoms with Gasteiger partial charge in [-0.2, -0.15) is 0 Å². The summed E-state index contributed by atoms with van der Waals surface area (Å²) in [7, 11) is 0. The first-order valence-corrected chi connectivity index (χ1v) is 14.7. The smallest absolute Gasteiger partial charge is 0.250 e. The van der Waals surface area contributed by atoms with E-state index in [0.29, 0.717) is 44.5 Å². The van der Waals surface area contributed by atoms with Gasteiger partial charge in [0.15, 0.2) is 0 Å². The summed E-state index contributed by atoms with van der Waals surface area (Å²) in [4.78, 5) is 43.3. The summed E-state index contributed by atoms with van der Waals surface area (Å²) in [6, 6.07) is 22.6. The number of nitrogens with zero attached hydrogens (tertiary/aromatic N) is 1. The van der Waals surface area contributed by atoms with Gasteiger partial charge < -0.3 is 25.4 Å². The second-order valence-electron chi connectivity index (χ2n) is 11.5. The quantitative estimate of drug-likeness (QED) is 0.310. The van der Waals surface area contributed by atoms with Gasteiger partial charge in [0.1, 0.15) is 11.6 Å². The van der Waals surface area contributed by atoms with E-state index in [0.717, 1.165) is 29.2 Å². The van der Waals surface area contributed by atoms with Crippen LogP contribution in [0.4, 0.5) is 5.69 Å². The maximum Gasteiger partial charge on any atom is 0.250 e. The van der Waals surface area contributed by atoms with Gasteiger partial charge in [-0.05, 0) is 54.2 Å². The topological polar surface area (TPSA) is 108 Å². The Morgan fingerprint density at radius 1 is 0.927 bits per heavy atom. The molecule has 3 aromatic carbocycles. The molecule has 2 bridgehead atoms. The van der Waals surface area contributed by atoms with Crippen LogP contribution in [0.25, 0.3) is 10.8 Å². The molecule has 0 aromatic heterocycles. The van der Waals surface area contributed by atoms with Gasteiger partial charge in [-0.15, -0.1) is 0 Å². The molecule has 5 atom stereocenters. The third kappa shape index (κ3) is 5.11. The van der Waals surface area contributed by atoms with Gasteiger partial charge in [0.25, 0.3) is 0 Å². The van der Waals surface area contributed by atoms with E-state index < -0.39 is 23.5 Å². The molecule has 3 N–H and O–H groups in total. The fourth-order valence-corrected chi connectivity index (χ4v) is 7.12. The number of aliphatic hydroxyl groups is 1. The standard InChI is InChI=1S/C33H37N3O5/c37-19-9-2-1-8-18-36-29(31(39)35-25-15-14-23-12-6-7-13-24(23)20-25)33-17-16-26(41-33)27(28(33)32(36)40)30(38)34-21-22-10-4-3-5-11-22/h3-7,10-15,20,26-29,37H,1-2,8-9,16-19,21H2,(H,34,38)(H,35,39)/t26-,27+,28-,29?,33?/m0/s1. The number of likely N-dealkylation sites (tertiary alicyclic amines) is 1. The van der Waals surface area contributed by atoms with Crippen LogP contribution in [0.1, 0.15) is 44.1 Å². The van der Waals surface area contributed by atoms with Crippen molar-refractivity contribution >= 4 is 34.2 Å². The molecule has 3 heterocycles. The van der Waals surface area contributed by atoms with E-state index in [1.807, 2.05) is 72.8 Å². The summed E-state index contributed by atoms with van der Waals surface area (Å²) in [5.74, 6) is -1.97. The Morgan fingerprint density at radius 3 is 2.49 bits per heavy atom. The third-order valence-corrected chi connectivity index (χ3v) is 8.98. The van der Waals surface area contributed by atoms with Crippen LogP contribution < -0.4 is 10.6 Å². The predicted molar refractivity (Wildman–Crippen MR) is 156 cm³/mol. The van der Waals surface area contributed by atoms with Crippen LogP contribution in [0.2, 0.25) is 0 Å². The van der Waals surface area contributed by atoms with E-state index >= 15 is 0 Å². The van der Waals surface area contributed by atoms with Crippen molar-refractivity contribution in [3.63, 3.8) is 0 Å². The van der Waals surface area contributed by atoms with Crippen molar-refractivity contribution in [2.45, 2.75) is 62.8 Å². The van der Waals surface area contributed by atoms with Crippen molar-refractivity contribution in [1.82, 2.24) is 10.2 Å². The minimum Gasteiger partial charge on any atom is -0.396 e. The normalized spacial score (nSPS) is 26.4. The summed E-state index contributed by atoms with van der Waals surface area (Å²) < 4.78 is 6.54. The number of carbonyl (C=O) groups excluding carboxylic acids is 3. The maximum absolute atomic E-state index is 14.1. The van der Waals surface area contributed by atoms with Crippen molar-refractivity contribution in [3.8, 4) is 0 Å². The van der Waals surface area contributed by atoms with E-state index in [1.54, 1.807) is 4.90 Å². The van der Waals surface area contributed by atoms with Crippen LogP contribution in [0.15, 0.2) is 72.8 Å². The largest absolute Gasteiger partial charge is 0.396 e. The zero-order valence-corrected chi connectivity index (χ0v) is 23.1. The number of hydrogen-bond donors (Lipinski definition) is 3. The van der Waals surface area contributed by atoms with Crippen LogP contribution in [-0.4, -0.2) is 58.6 Å². The molecule has 3 amide bonds. The molecular weight excluding hydrogens is 518 g/mol. The molecule has 3 aromatic rings. The molecule has 0 aliphatic carbocycles. The molecule has 214 valence electrons. The van der Waals surface area contributed by atoms with Crippen LogP contribution in [0.5, 0.6) is 0 Å². The molecule has 1 spiro atoms. The first kappa shape index (κ1) is 27.4. The molecule has 41 heavy (non-hydrogen) atoms. The van der Waals surface area contributed by atoms with E-state index in [1.165, 1.54) is 0 Å². The average Bonchev–Trinajstić information content (AvgIpc) is 3.63. The molecule has 0 saturated carbocycles. The van der Waals surface area contributed by atoms with Crippen LogP contribution in [0, 0.1) is 11.8 Å². The minimum atomic E-state index is -1.03. The lowest BCUT2D eigenvalue weighted by molar-refractivity contribution is -0.141. The SMILES string of the molecule is O=C(Nc1ccc2ccccc2c1)C1N(CCCCCCO)C(=O)[C@@H]2[C@H](C(=O)NCc3ccccc3)[C@@H]3CCC12O3. The maximum atomic E-state index is 14.1. The van der Waals surface area contributed by atoms with Crippen molar-refractivity contribution in [2.75, 3.05) is 18.5 Å². The number of rotatable bonds is 11. The van der Waals surface area contributed by atoms with Gasteiger partial charge >= 0.3 is 0 Å². The zero-order chi connectivity index (χ0) is 28.4. The first-order chi connectivity index (χ1) is 20.0. The number of anilines is 1. The number of nitrogens with one attached hydrogen (secondary N) is 2. The summed E-state index contributed by atoms with van der Waals surface area (Å²) >= 11 is 0. The number of aliphatic hydroxyl groups excluding tert-OH is 1. The lowest BCUT2D eigenvalue weighted by Gasteiger charge is -2.33. The van der Waals surface area contributed by atoms with E-state index in [2.05, 4.69) is 10.6 Å². The van der Waals surface area contributed by atoms with Crippen molar-refractivity contribution in [1.29, 1.82) is 0 Å². The minimum absolute atomic E-state index is 0.139. The lowest BCUT2D eigenvalue weighted by Crippen LogP contribution is -2.53. The highest BCUT2D eigenvalue weighted by Crippen LogP contribution is 2.58. The highest BCUT2D eigenvalue weighted by atomic mass is 16.5. The number of benzene rings is 3. The number of fused-ring (bicyclic) bond motifs is 2. The molecule has 2 unspecified atom stereocenters. The van der Waals surface area contributed by atoms with Crippen LogP contribution in [-0.2, 0) is 25.7 Å². The summed E-state index contributed by atoms with van der Waals surface area (Å²) in [6.45, 7) is 0.918. The first-order valence-electron chi connectivity index (χ1n) is 14.7. The van der Waals surface area contributed by atoms with E-state index in [9.17, 15) is 14.4 Å². The fourth-order valence-electron chi connectivity index (χ4n) is 7.12. The lowest BCUT2D eigenvalue weighted by atomic mass is 9.70. The zero-order valence-electron chi connectivity index (χ0n) is 23.1. The highest BCUT2D eigenvalue weighted by Gasteiger charge is 2.74. The summed E-state index contributed by atoms with van der Waals surface area (Å²) in [6.07, 6.45) is 3.92. The number of ether oxygens (including phenoxy) is 1. The molecule has 8 nitrogen and oxygen atoms in total. The molecule has 3 aliphatic rings. The van der Waals surface area contributed by atoms with Gasteiger partial charge in [0.05, 0.1) is 17.9 Å². The fraction of sp³-hybridized carbons (Fsp3) is 0.424. The van der Waals surface area contributed by atoms with Gasteiger partial charge in [0, 0.05) is 25.4 Å². The van der Waals surface area contributed by atoms with Gasteiger partial charge in [0.2, 0.25) is 17.7 Å².